The van der Waals surface area contributed by atoms with Crippen molar-refractivity contribution in [3.05, 3.63) is 29.8 Å². The van der Waals surface area contributed by atoms with Gasteiger partial charge in [-0.15, -0.1) is 0 Å². The minimum Gasteiger partial charge on any atom is -0.508 e. The van der Waals surface area contributed by atoms with Crippen LogP contribution in [0.15, 0.2) is 24.3 Å². The number of nitrogens with two attached hydrogens (primary N) is 2. The van der Waals surface area contributed by atoms with E-state index in [0.717, 1.165) is 0 Å². The summed E-state index contributed by atoms with van der Waals surface area (Å²) in [5, 5.41) is 9.06. The van der Waals surface area contributed by atoms with Gasteiger partial charge in [-0.1, -0.05) is 12.1 Å². The molecule has 0 aliphatic heterocycles. The summed E-state index contributed by atoms with van der Waals surface area (Å²) in [6.45, 7) is 0. The Morgan fingerprint density at radius 2 is 1.94 bits per heavy atom. The minimum absolute atomic E-state index is 0.0731. The van der Waals surface area contributed by atoms with Crippen LogP contribution in [0.25, 0.3) is 0 Å². The number of rotatable bonds is 5. The fourth-order valence-electron chi connectivity index (χ4n) is 1.17. The first-order valence-corrected chi connectivity index (χ1v) is 6.32. The van der Waals surface area contributed by atoms with Crippen molar-refractivity contribution in [2.75, 3.05) is 0 Å². The SMILES string of the molecule is NOP(=O)(O)OC(=O)[C@@H](N)Cc1ccc(O)cc1. The molecule has 0 spiro atoms. The molecule has 18 heavy (non-hydrogen) atoms. The zero-order valence-corrected chi connectivity index (χ0v) is 10.1. The summed E-state index contributed by atoms with van der Waals surface area (Å²) in [6, 6.07) is 4.81. The summed E-state index contributed by atoms with van der Waals surface area (Å²) in [7, 11) is -4.59. The summed E-state index contributed by atoms with van der Waals surface area (Å²) in [5.74, 6) is 3.43. The van der Waals surface area contributed by atoms with Crippen LogP contribution < -0.4 is 11.6 Å². The number of hydrogen-bond donors (Lipinski definition) is 4. The number of phosphoric ester groups is 1. The Bertz CT molecular complexity index is 463. The van der Waals surface area contributed by atoms with Crippen molar-refractivity contribution in [3.63, 3.8) is 0 Å². The van der Waals surface area contributed by atoms with Crippen molar-refractivity contribution in [3.8, 4) is 5.75 Å². The maximum atomic E-state index is 11.3. The van der Waals surface area contributed by atoms with Gasteiger partial charge in [0, 0.05) is 0 Å². The molecule has 0 aliphatic carbocycles. The van der Waals surface area contributed by atoms with Crippen molar-refractivity contribution in [2.24, 2.45) is 11.6 Å². The Morgan fingerprint density at radius 3 is 2.44 bits per heavy atom. The van der Waals surface area contributed by atoms with E-state index in [0.29, 0.717) is 5.56 Å². The number of aromatic hydroxyl groups is 1. The van der Waals surface area contributed by atoms with Crippen LogP contribution in [0, 0.1) is 0 Å². The first-order valence-electron chi connectivity index (χ1n) is 4.82. The second-order valence-electron chi connectivity index (χ2n) is 3.46. The van der Waals surface area contributed by atoms with Crippen LogP contribution in [0.2, 0.25) is 0 Å². The van der Waals surface area contributed by atoms with Gasteiger partial charge in [-0.3, -0.25) is 4.89 Å². The molecule has 0 heterocycles. The van der Waals surface area contributed by atoms with Crippen molar-refractivity contribution < 1.29 is 28.5 Å². The largest absolute Gasteiger partial charge is 0.546 e. The van der Waals surface area contributed by atoms with E-state index in [9.17, 15) is 9.36 Å². The van der Waals surface area contributed by atoms with Crippen LogP contribution in [-0.4, -0.2) is 22.0 Å². The maximum Gasteiger partial charge on any atom is 0.546 e. The van der Waals surface area contributed by atoms with Crippen molar-refractivity contribution >= 4 is 13.8 Å². The summed E-state index contributed by atoms with van der Waals surface area (Å²) >= 11 is 0. The Morgan fingerprint density at radius 1 is 1.39 bits per heavy atom. The molecule has 0 fully saturated rings. The molecule has 0 bridgehead atoms. The number of hydrogen-bond acceptors (Lipinski definition) is 7. The molecular formula is C9H13N2O6P. The first kappa shape index (κ1) is 14.6. The van der Waals surface area contributed by atoms with E-state index in [-0.39, 0.29) is 12.2 Å². The quantitative estimate of drug-likeness (QED) is 0.427. The van der Waals surface area contributed by atoms with Crippen molar-refractivity contribution in [2.45, 2.75) is 12.5 Å². The number of carbonyl (C=O) groups is 1. The van der Waals surface area contributed by atoms with Gasteiger partial charge in [0.1, 0.15) is 11.8 Å². The van der Waals surface area contributed by atoms with Crippen LogP contribution in [-0.2, 0) is 24.9 Å². The molecule has 0 saturated carbocycles. The molecule has 0 aromatic heterocycles. The van der Waals surface area contributed by atoms with Gasteiger partial charge in [0.2, 0.25) is 0 Å². The molecule has 0 aliphatic rings. The summed E-state index contributed by atoms with van der Waals surface area (Å²) in [4.78, 5) is 20.1. The molecule has 6 N–H and O–H groups in total. The Kier molecular flexibility index (Phi) is 4.83. The summed E-state index contributed by atoms with van der Waals surface area (Å²) in [5.41, 5.74) is 6.14. The second kappa shape index (κ2) is 5.94. The van der Waals surface area contributed by atoms with Gasteiger partial charge in [-0.2, -0.15) is 4.62 Å². The van der Waals surface area contributed by atoms with Crippen LogP contribution in [0.1, 0.15) is 5.56 Å². The average Bonchev–Trinajstić information content (AvgIpc) is 2.31. The highest BCUT2D eigenvalue weighted by Gasteiger charge is 2.28. The second-order valence-corrected chi connectivity index (χ2v) is 4.79. The normalized spacial score (nSPS) is 15.7. The van der Waals surface area contributed by atoms with E-state index in [1.807, 2.05) is 0 Å². The van der Waals surface area contributed by atoms with Crippen LogP contribution in [0.5, 0.6) is 5.75 Å². The molecule has 1 aromatic rings. The van der Waals surface area contributed by atoms with E-state index in [1.165, 1.54) is 12.1 Å². The molecule has 2 atom stereocenters. The molecular weight excluding hydrogens is 263 g/mol. The highest BCUT2D eigenvalue weighted by molar-refractivity contribution is 7.47. The molecule has 0 amide bonds. The van der Waals surface area contributed by atoms with Gasteiger partial charge in [0.15, 0.2) is 0 Å². The zero-order chi connectivity index (χ0) is 13.8. The van der Waals surface area contributed by atoms with Gasteiger partial charge >= 0.3 is 13.8 Å². The smallest absolute Gasteiger partial charge is 0.508 e. The standard InChI is InChI=1S/C9H13N2O6P/c10-8(9(13)16-18(14,15)17-11)5-6-1-3-7(12)4-2-6/h1-4,8,12H,5,10-11H2,(H,14,15)/t8-/m0/s1. The molecule has 9 heteroatoms. The fraction of sp³-hybridized carbons (Fsp3) is 0.222. The summed E-state index contributed by atoms with van der Waals surface area (Å²) < 4.78 is 18.6. The van der Waals surface area contributed by atoms with E-state index in [4.69, 9.17) is 15.7 Å². The Labute approximate surface area is 103 Å². The molecule has 0 radical (unpaired) electrons. The van der Waals surface area contributed by atoms with Gasteiger partial charge in [-0.25, -0.2) is 15.3 Å². The summed E-state index contributed by atoms with van der Waals surface area (Å²) in [6.07, 6.45) is 0.0731. The number of phenols is 1. The predicted molar refractivity (Wildman–Crippen MR) is 61.0 cm³/mol. The fourth-order valence-corrected chi connectivity index (χ4v) is 1.58. The Hall–Kier alpha value is -1.44. The topological polar surface area (TPSA) is 145 Å². The molecule has 8 nitrogen and oxygen atoms in total. The lowest BCUT2D eigenvalue weighted by Gasteiger charge is -2.13. The Balaban J connectivity index is 2.60. The van der Waals surface area contributed by atoms with E-state index < -0.39 is 19.8 Å². The van der Waals surface area contributed by atoms with Gasteiger partial charge < -0.3 is 15.4 Å². The van der Waals surface area contributed by atoms with Crippen LogP contribution in [0.4, 0.5) is 0 Å². The minimum atomic E-state index is -4.59. The van der Waals surface area contributed by atoms with E-state index >= 15 is 0 Å². The highest BCUT2D eigenvalue weighted by Crippen LogP contribution is 2.41. The maximum absolute atomic E-state index is 11.3. The number of phosphoric acid groups is 1. The zero-order valence-electron chi connectivity index (χ0n) is 9.22. The number of phenolic OH excluding ortho intramolecular Hbond substituents is 1. The molecule has 0 saturated heterocycles. The van der Waals surface area contributed by atoms with Crippen LogP contribution >= 0.6 is 7.82 Å². The lowest BCUT2D eigenvalue weighted by atomic mass is 10.1. The van der Waals surface area contributed by atoms with Crippen molar-refractivity contribution in [1.29, 1.82) is 0 Å². The molecule has 100 valence electrons. The third-order valence-corrected chi connectivity index (χ3v) is 2.71. The third-order valence-electron chi connectivity index (χ3n) is 2.03. The van der Waals surface area contributed by atoms with Gasteiger partial charge in [-0.05, 0) is 24.1 Å². The predicted octanol–water partition coefficient (Wildman–Crippen LogP) is -0.204. The van der Waals surface area contributed by atoms with E-state index in [2.05, 4.69) is 15.0 Å². The first-order chi connectivity index (χ1) is 8.34. The number of carbonyl (C=O) groups excluding carboxylic acids is 1. The average molecular weight is 276 g/mol. The van der Waals surface area contributed by atoms with E-state index in [1.54, 1.807) is 12.1 Å². The lowest BCUT2D eigenvalue weighted by molar-refractivity contribution is -0.137. The third kappa shape index (κ3) is 4.44. The molecule has 1 rings (SSSR count). The number of benzene rings is 1. The van der Waals surface area contributed by atoms with Crippen molar-refractivity contribution in [1.82, 2.24) is 0 Å². The molecule has 1 unspecified atom stereocenters. The van der Waals surface area contributed by atoms with Gasteiger partial charge in [0.25, 0.3) is 0 Å². The van der Waals surface area contributed by atoms with Gasteiger partial charge in [0.05, 0.1) is 0 Å². The highest BCUT2D eigenvalue weighted by atomic mass is 31.2. The van der Waals surface area contributed by atoms with Crippen LogP contribution in [0.3, 0.4) is 0 Å². The molecule has 1 aromatic carbocycles. The lowest BCUT2D eigenvalue weighted by Crippen LogP contribution is -2.34. The monoisotopic (exact) mass is 276 g/mol.